The first-order chi connectivity index (χ1) is 41.2. The Balaban J connectivity index is 1.54. The topological polar surface area (TPSA) is 323 Å². The molecular formula is C58H89N2O23S3-. The highest BCUT2D eigenvalue weighted by molar-refractivity contribution is 7.86. The Kier molecular flexibility index (Phi) is 34.4. The number of anilines is 1. The standard InChI is InChI=1S/C58H90N2O23S3/c1-57(19-23-74-29-31-78-37-39-82-43-41-80-35-33-76-27-25-72-3)50-46-48(85(66,67)68)15-17-52(50)59(21-10-6-9-14-56(61)62)54(57)12-7-5-8-13-55-58(2,20-24-75-30-32-79-38-40-83-44-42-81-36-34-77-28-26-73-4)51-47-49(86(69,70)71)16-18-53(51)60(55)22-11-45-84(63,64)65/h5,7-8,12-13,15-18,46-47H,6,9-11,14,19-45H2,1-4H3,(H3-,61,62,63,64,65,66,67,68,69,70,71)/p-1. The quantitative estimate of drug-likeness (QED) is 0.0389. The average molecular weight is 1280 g/mol. The van der Waals surface area contributed by atoms with Gasteiger partial charge in [0.05, 0.1) is 153 Å². The van der Waals surface area contributed by atoms with Crippen LogP contribution in [0, 0.1) is 0 Å². The third-order valence-electron chi connectivity index (χ3n) is 14.1. The van der Waals surface area contributed by atoms with Gasteiger partial charge in [-0.2, -0.15) is 13.0 Å². The van der Waals surface area contributed by atoms with Crippen molar-refractivity contribution in [2.24, 2.45) is 0 Å². The van der Waals surface area contributed by atoms with Crippen LogP contribution in [0.1, 0.15) is 69.9 Å². The molecule has 0 amide bonds. The summed E-state index contributed by atoms with van der Waals surface area (Å²) in [5.41, 5.74) is 1.69. The number of carboxylic acids is 1. The maximum Gasteiger partial charge on any atom is 0.303 e. The zero-order chi connectivity index (χ0) is 62.7. The van der Waals surface area contributed by atoms with Crippen molar-refractivity contribution in [1.82, 2.24) is 0 Å². The Morgan fingerprint density at radius 1 is 0.547 bits per heavy atom. The molecule has 0 aromatic heterocycles. The SMILES string of the molecule is COCCOCCOCCOCCOCCOCCC1(C)C(=CC=CC=CC2=[N+](CCCS(=O)(=O)O)c3ccc(S(=O)(=O)[O-])cc3C2(C)CCOCCOCCOCCOCCOCCOC)N(CCCCCC(=O)O)c2ccc(S(=O)(=O)[O-])cc21. The van der Waals surface area contributed by atoms with Crippen molar-refractivity contribution in [2.75, 3.05) is 183 Å². The third kappa shape index (κ3) is 26.5. The molecule has 2 aliphatic rings. The number of nitrogens with zero attached hydrogens (tertiary/aromatic N) is 2. The number of fused-ring (bicyclic) bond motifs is 2. The normalized spacial score (nSPS) is 17.8. The second-order valence-corrected chi connectivity index (χ2v) is 24.7. The monoisotopic (exact) mass is 1280 g/mol. The lowest BCUT2D eigenvalue weighted by Gasteiger charge is -2.30. The fourth-order valence-corrected chi connectivity index (χ4v) is 11.2. The maximum absolute atomic E-state index is 12.5. The first kappa shape index (κ1) is 74.3. The van der Waals surface area contributed by atoms with E-state index in [9.17, 15) is 48.8 Å². The van der Waals surface area contributed by atoms with Crippen molar-refractivity contribution >= 4 is 53.4 Å². The average Bonchev–Trinajstić information content (AvgIpc) is 1.62. The summed E-state index contributed by atoms with van der Waals surface area (Å²) >= 11 is 0. The molecule has 0 radical (unpaired) electrons. The van der Waals surface area contributed by atoms with Gasteiger partial charge in [0, 0.05) is 81.3 Å². The van der Waals surface area contributed by atoms with E-state index in [4.69, 9.17) is 56.8 Å². The fourth-order valence-electron chi connectivity index (χ4n) is 9.67. The fraction of sp³-hybridized carbons (Fsp3) is 0.655. The predicted octanol–water partition coefficient (Wildman–Crippen LogP) is 4.79. The van der Waals surface area contributed by atoms with E-state index in [0.29, 0.717) is 166 Å². The molecule has 2 aromatic carbocycles. The number of unbranched alkanes of at least 4 members (excludes halogenated alkanes) is 2. The molecule has 2 atom stereocenters. The van der Waals surface area contributed by atoms with Crippen molar-refractivity contribution in [1.29, 1.82) is 0 Å². The first-order valence-electron chi connectivity index (χ1n) is 28.8. The predicted molar refractivity (Wildman–Crippen MR) is 315 cm³/mol. The molecule has 2 aromatic rings. The second kappa shape index (κ2) is 39.8. The molecule has 2 unspecified atom stereocenters. The smallest absolute Gasteiger partial charge is 0.303 e. The number of hydrogen-bond acceptors (Lipinski definition) is 22. The molecule has 0 spiro atoms. The number of hydrogen-bond donors (Lipinski definition) is 2. The second-order valence-electron chi connectivity index (χ2n) is 20.4. The molecule has 0 saturated carbocycles. The highest BCUT2D eigenvalue weighted by Crippen LogP contribution is 2.51. The Morgan fingerprint density at radius 3 is 1.42 bits per heavy atom. The van der Waals surface area contributed by atoms with Gasteiger partial charge in [0.1, 0.15) is 26.8 Å². The van der Waals surface area contributed by atoms with Crippen LogP contribution in [0.2, 0.25) is 0 Å². The van der Waals surface area contributed by atoms with Crippen molar-refractivity contribution < 1.29 is 110 Å². The number of allylic oxidation sites excluding steroid dienone is 6. The van der Waals surface area contributed by atoms with Gasteiger partial charge in [0.2, 0.25) is 5.69 Å². The summed E-state index contributed by atoms with van der Waals surface area (Å²) in [7, 11) is -10.9. The van der Waals surface area contributed by atoms with Crippen LogP contribution in [-0.2, 0) is 103 Å². The van der Waals surface area contributed by atoms with Gasteiger partial charge < -0.3 is 76.0 Å². The summed E-state index contributed by atoms with van der Waals surface area (Å²) in [5, 5.41) is 9.31. The minimum absolute atomic E-state index is 0.00327. The molecule has 4 rings (SSSR count). The van der Waals surface area contributed by atoms with Crippen LogP contribution < -0.4 is 4.90 Å². The number of rotatable bonds is 51. The minimum Gasteiger partial charge on any atom is -0.744 e. The van der Waals surface area contributed by atoms with Crippen LogP contribution in [0.25, 0.3) is 0 Å². The van der Waals surface area contributed by atoms with E-state index in [1.54, 1.807) is 44.6 Å². The van der Waals surface area contributed by atoms with Crippen LogP contribution in [0.4, 0.5) is 11.4 Å². The number of carbonyl (C=O) groups is 1. The number of benzene rings is 2. The summed E-state index contributed by atoms with van der Waals surface area (Å²) in [6.07, 6.45) is 11.2. The van der Waals surface area contributed by atoms with Crippen LogP contribution in [0.5, 0.6) is 0 Å². The lowest BCUT2D eigenvalue weighted by molar-refractivity contribution is -0.437. The summed E-state index contributed by atoms with van der Waals surface area (Å²) in [4.78, 5) is 12.5. The van der Waals surface area contributed by atoms with Crippen molar-refractivity contribution in [3.05, 3.63) is 83.6 Å². The first-order valence-corrected chi connectivity index (χ1v) is 33.2. The Bertz CT molecular complexity index is 2810. The van der Waals surface area contributed by atoms with Gasteiger partial charge in [0.15, 0.2) is 5.71 Å². The zero-order valence-electron chi connectivity index (χ0n) is 50.1. The van der Waals surface area contributed by atoms with Crippen LogP contribution in [0.3, 0.4) is 0 Å². The molecule has 0 aliphatic carbocycles. The Labute approximate surface area is 507 Å². The van der Waals surface area contributed by atoms with Crippen LogP contribution in [-0.4, -0.2) is 239 Å². The lowest BCUT2D eigenvalue weighted by atomic mass is 9.76. The molecule has 0 bridgehead atoms. The minimum atomic E-state index is -4.91. The molecule has 2 heterocycles. The van der Waals surface area contributed by atoms with Crippen molar-refractivity contribution in [3.63, 3.8) is 0 Å². The van der Waals surface area contributed by atoms with E-state index in [1.807, 2.05) is 29.4 Å². The van der Waals surface area contributed by atoms with Crippen LogP contribution in [0.15, 0.2) is 82.3 Å². The van der Waals surface area contributed by atoms with Gasteiger partial charge in [-0.3, -0.25) is 9.35 Å². The van der Waals surface area contributed by atoms with Gasteiger partial charge >= 0.3 is 5.97 Å². The van der Waals surface area contributed by atoms with Gasteiger partial charge in [-0.05, 0) is 81.5 Å². The van der Waals surface area contributed by atoms with E-state index in [1.165, 1.54) is 30.3 Å². The summed E-state index contributed by atoms with van der Waals surface area (Å²) in [6, 6.07) is 8.31. The molecule has 86 heavy (non-hydrogen) atoms. The molecule has 2 aliphatic heterocycles. The van der Waals surface area contributed by atoms with E-state index < -0.39 is 62.7 Å². The molecule has 28 heteroatoms. The molecule has 2 N–H and O–H groups in total. The number of carboxylic acid groups (broad SMARTS) is 1. The van der Waals surface area contributed by atoms with E-state index >= 15 is 0 Å². The van der Waals surface area contributed by atoms with Crippen molar-refractivity contribution in [2.45, 2.75) is 79.4 Å². The number of methoxy groups -OCH3 is 2. The molecule has 25 nitrogen and oxygen atoms in total. The largest absolute Gasteiger partial charge is 0.744 e. The molecule has 0 saturated heterocycles. The van der Waals surface area contributed by atoms with E-state index in [-0.39, 0.29) is 65.4 Å². The van der Waals surface area contributed by atoms with Crippen LogP contribution >= 0.6 is 0 Å². The Hall–Kier alpha value is -4.15. The summed E-state index contributed by atoms with van der Waals surface area (Å²) in [5.74, 6) is -1.46. The number of aliphatic carboxylic acids is 1. The lowest BCUT2D eigenvalue weighted by Crippen LogP contribution is -2.33. The maximum atomic E-state index is 12.5. The zero-order valence-corrected chi connectivity index (χ0v) is 52.5. The highest BCUT2D eigenvalue weighted by Gasteiger charge is 2.48. The highest BCUT2D eigenvalue weighted by atomic mass is 32.2. The van der Waals surface area contributed by atoms with Gasteiger partial charge in [-0.1, -0.05) is 24.6 Å². The summed E-state index contributed by atoms with van der Waals surface area (Å²) < 4.78 is 176. The van der Waals surface area contributed by atoms with E-state index in [0.717, 1.165) is 5.70 Å². The van der Waals surface area contributed by atoms with E-state index in [2.05, 4.69) is 0 Å². The third-order valence-corrected chi connectivity index (χ3v) is 16.6. The van der Waals surface area contributed by atoms with Gasteiger partial charge in [-0.25, -0.2) is 16.8 Å². The molecular weight excluding hydrogens is 1190 g/mol. The van der Waals surface area contributed by atoms with Gasteiger partial charge in [-0.15, -0.1) is 0 Å². The number of ether oxygens (including phenoxy) is 12. The molecule has 0 fully saturated rings. The van der Waals surface area contributed by atoms with Gasteiger partial charge in [0.25, 0.3) is 10.1 Å². The van der Waals surface area contributed by atoms with Crippen molar-refractivity contribution in [3.8, 4) is 0 Å². The molecule has 488 valence electrons. The Morgan fingerprint density at radius 2 is 0.977 bits per heavy atom. The summed E-state index contributed by atoms with van der Waals surface area (Å²) in [6.45, 7) is 12.4.